The minimum atomic E-state index is -0.809. The monoisotopic (exact) mass is 438 g/mol. The molecule has 0 atom stereocenters. The molecule has 0 aliphatic carbocycles. The van der Waals surface area contributed by atoms with Gasteiger partial charge in [-0.05, 0) is 48.9 Å². The fourth-order valence-corrected chi connectivity index (χ4v) is 3.76. The van der Waals surface area contributed by atoms with Crippen LogP contribution in [-0.2, 0) is 6.42 Å². The van der Waals surface area contributed by atoms with Gasteiger partial charge in [-0.2, -0.15) is 0 Å². The van der Waals surface area contributed by atoms with Crippen LogP contribution in [0.15, 0.2) is 67.0 Å². The highest BCUT2D eigenvalue weighted by atomic mass is 19.1. The average Bonchev–Trinajstić information content (AvgIpc) is 3.23. The number of carbonyl (C=O) groups is 1. The van der Waals surface area contributed by atoms with Gasteiger partial charge in [0.15, 0.2) is 0 Å². The molecule has 162 valence electrons. The molecule has 3 heterocycles. The van der Waals surface area contributed by atoms with E-state index in [1.54, 1.807) is 18.5 Å². The van der Waals surface area contributed by atoms with Crippen LogP contribution in [0.3, 0.4) is 0 Å². The number of aromatic amines is 1. The Labute approximate surface area is 188 Å². The SMILES string of the molecule is Cc1cccc(-c2[nH]c(Cc3ccc(F)c(C(N)=O)c3)nc2-c2ccc3nccnc3c2)n1. The summed E-state index contributed by atoms with van der Waals surface area (Å²) < 4.78 is 13.9. The number of pyridine rings is 1. The average molecular weight is 438 g/mol. The lowest BCUT2D eigenvalue weighted by Gasteiger charge is -2.04. The minimum Gasteiger partial charge on any atom is -0.366 e. The molecule has 0 aliphatic heterocycles. The summed E-state index contributed by atoms with van der Waals surface area (Å²) in [4.78, 5) is 33.1. The first kappa shape index (κ1) is 20.4. The van der Waals surface area contributed by atoms with Crippen LogP contribution in [0, 0.1) is 12.7 Å². The van der Waals surface area contributed by atoms with E-state index in [2.05, 4.69) is 19.9 Å². The number of H-pyrrole nitrogens is 1. The van der Waals surface area contributed by atoms with Gasteiger partial charge >= 0.3 is 0 Å². The Balaban J connectivity index is 1.62. The van der Waals surface area contributed by atoms with Crippen LogP contribution < -0.4 is 5.73 Å². The number of halogens is 1. The molecule has 0 bridgehead atoms. The highest BCUT2D eigenvalue weighted by Crippen LogP contribution is 2.31. The summed E-state index contributed by atoms with van der Waals surface area (Å²) in [5.74, 6) is -0.811. The van der Waals surface area contributed by atoms with Crippen molar-refractivity contribution in [3.8, 4) is 22.6 Å². The van der Waals surface area contributed by atoms with Crippen LogP contribution >= 0.6 is 0 Å². The summed E-state index contributed by atoms with van der Waals surface area (Å²) in [5.41, 5.74) is 11.4. The molecular formula is C25H19FN6O. The van der Waals surface area contributed by atoms with Gasteiger partial charge in [-0.15, -0.1) is 0 Å². The number of nitrogens with two attached hydrogens (primary N) is 1. The van der Waals surface area contributed by atoms with Crippen molar-refractivity contribution in [3.05, 3.63) is 95.5 Å². The molecule has 2 aromatic carbocycles. The summed E-state index contributed by atoms with van der Waals surface area (Å²) >= 11 is 0. The van der Waals surface area contributed by atoms with Crippen LogP contribution in [0.4, 0.5) is 4.39 Å². The molecule has 0 unspecified atom stereocenters. The molecule has 3 N–H and O–H groups in total. The molecule has 3 aromatic heterocycles. The van der Waals surface area contributed by atoms with Crippen molar-refractivity contribution >= 4 is 16.9 Å². The number of rotatable bonds is 5. The van der Waals surface area contributed by atoms with Crippen LogP contribution in [0.25, 0.3) is 33.7 Å². The molecule has 7 nitrogen and oxygen atoms in total. The van der Waals surface area contributed by atoms with Crippen molar-refractivity contribution in [2.45, 2.75) is 13.3 Å². The molecule has 0 saturated carbocycles. The summed E-state index contributed by atoms with van der Waals surface area (Å²) in [7, 11) is 0. The van der Waals surface area contributed by atoms with E-state index in [4.69, 9.17) is 10.7 Å². The van der Waals surface area contributed by atoms with E-state index in [-0.39, 0.29) is 5.56 Å². The molecule has 0 fully saturated rings. The van der Waals surface area contributed by atoms with Crippen LogP contribution in [0.1, 0.15) is 27.4 Å². The molecule has 33 heavy (non-hydrogen) atoms. The molecule has 5 rings (SSSR count). The second-order valence-electron chi connectivity index (χ2n) is 7.69. The number of primary amides is 1. The number of nitrogens with zero attached hydrogens (tertiary/aromatic N) is 4. The highest BCUT2D eigenvalue weighted by molar-refractivity contribution is 5.93. The van der Waals surface area contributed by atoms with Gasteiger partial charge in [-0.25, -0.2) is 9.37 Å². The largest absolute Gasteiger partial charge is 0.366 e. The van der Waals surface area contributed by atoms with Gasteiger partial charge in [0.1, 0.15) is 11.6 Å². The van der Waals surface area contributed by atoms with E-state index in [1.807, 2.05) is 43.3 Å². The Morgan fingerprint density at radius 2 is 1.82 bits per heavy atom. The zero-order valence-electron chi connectivity index (χ0n) is 17.7. The van der Waals surface area contributed by atoms with Gasteiger partial charge in [-0.3, -0.25) is 19.7 Å². The number of hydrogen-bond acceptors (Lipinski definition) is 5. The summed E-state index contributed by atoms with van der Waals surface area (Å²) in [6.45, 7) is 1.93. The smallest absolute Gasteiger partial charge is 0.251 e. The van der Waals surface area contributed by atoms with Gasteiger partial charge in [0.05, 0.1) is 33.7 Å². The number of aromatic nitrogens is 5. The lowest BCUT2D eigenvalue weighted by atomic mass is 10.1. The quantitative estimate of drug-likeness (QED) is 0.427. The normalized spacial score (nSPS) is 11.1. The maximum absolute atomic E-state index is 13.9. The molecule has 0 spiro atoms. The third kappa shape index (κ3) is 4.06. The van der Waals surface area contributed by atoms with Crippen molar-refractivity contribution in [1.82, 2.24) is 24.9 Å². The Bertz CT molecular complexity index is 1510. The van der Waals surface area contributed by atoms with Gasteiger partial charge < -0.3 is 10.7 Å². The molecule has 1 amide bonds. The van der Waals surface area contributed by atoms with Crippen molar-refractivity contribution in [3.63, 3.8) is 0 Å². The molecule has 0 saturated heterocycles. The predicted octanol–water partition coefficient (Wildman–Crippen LogP) is 4.22. The van der Waals surface area contributed by atoms with Gasteiger partial charge in [0.2, 0.25) is 0 Å². The first-order chi connectivity index (χ1) is 16.0. The van der Waals surface area contributed by atoms with E-state index in [9.17, 15) is 9.18 Å². The number of carbonyl (C=O) groups excluding carboxylic acids is 1. The number of amides is 1. The number of benzene rings is 2. The van der Waals surface area contributed by atoms with Gasteiger partial charge in [0, 0.05) is 30.1 Å². The number of imidazole rings is 1. The van der Waals surface area contributed by atoms with Crippen molar-refractivity contribution in [2.75, 3.05) is 0 Å². The fraction of sp³-hybridized carbons (Fsp3) is 0.0800. The Hall–Kier alpha value is -4.46. The maximum Gasteiger partial charge on any atom is 0.251 e. The zero-order valence-corrected chi connectivity index (χ0v) is 17.7. The Morgan fingerprint density at radius 3 is 2.61 bits per heavy atom. The molecule has 0 radical (unpaired) electrons. The van der Waals surface area contributed by atoms with Crippen LogP contribution in [-0.4, -0.2) is 30.8 Å². The standard InChI is InChI=1S/C25H19FN6O/c1-14-3-2-4-20(30-14)24-23(16-6-8-19-21(13-16)29-10-9-28-19)31-22(32-24)12-15-5-7-18(26)17(11-15)25(27)33/h2-11,13H,12H2,1H3,(H2,27,33)(H,31,32). The third-order valence-electron chi connectivity index (χ3n) is 5.31. The second-order valence-corrected chi connectivity index (χ2v) is 7.69. The van der Waals surface area contributed by atoms with E-state index >= 15 is 0 Å². The second kappa shape index (κ2) is 8.23. The van der Waals surface area contributed by atoms with Crippen molar-refractivity contribution in [1.29, 1.82) is 0 Å². The Morgan fingerprint density at radius 1 is 1.00 bits per heavy atom. The van der Waals surface area contributed by atoms with E-state index in [0.29, 0.717) is 23.5 Å². The van der Waals surface area contributed by atoms with Crippen molar-refractivity contribution < 1.29 is 9.18 Å². The zero-order chi connectivity index (χ0) is 22.9. The molecular weight excluding hydrogens is 419 g/mol. The number of hydrogen-bond donors (Lipinski definition) is 2. The summed E-state index contributed by atoms with van der Waals surface area (Å²) in [5, 5.41) is 0. The molecule has 8 heteroatoms. The van der Waals surface area contributed by atoms with Gasteiger partial charge in [0.25, 0.3) is 5.91 Å². The number of aryl methyl sites for hydroxylation is 1. The summed E-state index contributed by atoms with van der Waals surface area (Å²) in [6.07, 6.45) is 3.66. The van der Waals surface area contributed by atoms with Crippen LogP contribution in [0.5, 0.6) is 0 Å². The lowest BCUT2D eigenvalue weighted by Crippen LogP contribution is -2.13. The topological polar surface area (TPSA) is 110 Å². The lowest BCUT2D eigenvalue weighted by molar-refractivity contribution is 0.0996. The van der Waals surface area contributed by atoms with Crippen molar-refractivity contribution in [2.24, 2.45) is 5.73 Å². The first-order valence-electron chi connectivity index (χ1n) is 10.3. The predicted molar refractivity (Wildman–Crippen MR) is 123 cm³/mol. The number of nitrogens with one attached hydrogen (secondary N) is 1. The molecule has 5 aromatic rings. The van der Waals surface area contributed by atoms with E-state index in [1.165, 1.54) is 12.1 Å². The van der Waals surface area contributed by atoms with E-state index < -0.39 is 11.7 Å². The van der Waals surface area contributed by atoms with Crippen LogP contribution in [0.2, 0.25) is 0 Å². The van der Waals surface area contributed by atoms with Gasteiger partial charge in [-0.1, -0.05) is 18.2 Å². The van der Waals surface area contributed by atoms with E-state index in [0.717, 1.165) is 33.7 Å². The molecule has 0 aliphatic rings. The summed E-state index contributed by atoms with van der Waals surface area (Å²) in [6, 6.07) is 15.9. The fourth-order valence-electron chi connectivity index (χ4n) is 3.76. The third-order valence-corrected chi connectivity index (χ3v) is 5.31. The minimum absolute atomic E-state index is 0.145. The maximum atomic E-state index is 13.9. The first-order valence-corrected chi connectivity index (χ1v) is 10.3. The Kier molecular flexibility index (Phi) is 5.10. The highest BCUT2D eigenvalue weighted by Gasteiger charge is 2.17. The number of fused-ring (bicyclic) bond motifs is 1.